The normalized spacial score (nSPS) is 12.3. The Morgan fingerprint density at radius 1 is 1.41 bits per heavy atom. The van der Waals surface area contributed by atoms with E-state index < -0.39 is 4.92 Å². The minimum absolute atomic E-state index is 0.0910. The van der Waals surface area contributed by atoms with Crippen LogP contribution in [-0.4, -0.2) is 28.0 Å². The summed E-state index contributed by atoms with van der Waals surface area (Å²) in [5, 5.41) is 16.6. The molecular weight excluding hydrogens is 222 g/mol. The zero-order chi connectivity index (χ0) is 13.0. The van der Waals surface area contributed by atoms with E-state index in [0.717, 1.165) is 0 Å². The number of hydrogen-bond donors (Lipinski definition) is 2. The van der Waals surface area contributed by atoms with Crippen molar-refractivity contribution >= 4 is 17.5 Å². The molecule has 1 aromatic rings. The molecule has 0 fully saturated rings. The maximum absolute atomic E-state index is 10.8. The highest BCUT2D eigenvalue weighted by molar-refractivity contribution is 5.57. The van der Waals surface area contributed by atoms with Crippen molar-refractivity contribution in [2.75, 3.05) is 17.7 Å². The molecule has 0 saturated carbocycles. The molecule has 0 aliphatic rings. The van der Waals surface area contributed by atoms with Gasteiger partial charge in [0.2, 0.25) is 11.8 Å². The average molecular weight is 239 g/mol. The van der Waals surface area contributed by atoms with Crippen LogP contribution in [-0.2, 0) is 0 Å². The fourth-order valence-electron chi connectivity index (χ4n) is 1.12. The first-order valence-corrected chi connectivity index (χ1v) is 5.41. The minimum Gasteiger partial charge on any atom is -0.361 e. The molecule has 0 radical (unpaired) electrons. The Bertz CT molecular complexity index is 408. The van der Waals surface area contributed by atoms with E-state index in [9.17, 15) is 10.1 Å². The summed E-state index contributed by atoms with van der Waals surface area (Å²) < 4.78 is 0. The van der Waals surface area contributed by atoms with Gasteiger partial charge in [0, 0.05) is 13.1 Å². The second kappa shape index (κ2) is 5.42. The molecule has 1 heterocycles. The predicted molar refractivity (Wildman–Crippen MR) is 66.2 cm³/mol. The molecule has 0 spiro atoms. The van der Waals surface area contributed by atoms with E-state index in [1.165, 1.54) is 6.20 Å². The van der Waals surface area contributed by atoms with Gasteiger partial charge < -0.3 is 10.6 Å². The van der Waals surface area contributed by atoms with Gasteiger partial charge in [-0.1, -0.05) is 13.8 Å². The van der Waals surface area contributed by atoms with Gasteiger partial charge in [0.05, 0.1) is 4.92 Å². The quantitative estimate of drug-likeness (QED) is 0.602. The van der Waals surface area contributed by atoms with E-state index in [2.05, 4.69) is 20.6 Å². The van der Waals surface area contributed by atoms with E-state index in [-0.39, 0.29) is 17.5 Å². The third-order valence-electron chi connectivity index (χ3n) is 2.55. The molecule has 1 rings (SSSR count). The Labute approximate surface area is 99.8 Å². The zero-order valence-corrected chi connectivity index (χ0v) is 10.4. The third kappa shape index (κ3) is 3.27. The van der Waals surface area contributed by atoms with Crippen molar-refractivity contribution in [1.29, 1.82) is 0 Å². The van der Waals surface area contributed by atoms with Gasteiger partial charge in [-0.05, 0) is 12.8 Å². The first-order valence-electron chi connectivity index (χ1n) is 5.41. The summed E-state index contributed by atoms with van der Waals surface area (Å²) in [6.07, 6.45) is 1.20. The van der Waals surface area contributed by atoms with E-state index in [1.807, 2.05) is 20.8 Å². The number of nitro groups is 1. The highest BCUT2D eigenvalue weighted by Gasteiger charge is 2.19. The van der Waals surface area contributed by atoms with E-state index in [0.29, 0.717) is 11.9 Å². The summed E-state index contributed by atoms with van der Waals surface area (Å²) in [5.41, 5.74) is -0.114. The second-order valence-electron chi connectivity index (χ2n) is 4.11. The fraction of sp³-hybridized carbons (Fsp3) is 0.600. The SMILES string of the molecule is CNc1ncc([N+](=O)[O-])c(NC(C)C(C)C)n1. The highest BCUT2D eigenvalue weighted by atomic mass is 16.6. The number of hydrogen-bond acceptors (Lipinski definition) is 6. The Kier molecular flexibility index (Phi) is 4.19. The summed E-state index contributed by atoms with van der Waals surface area (Å²) in [6.45, 7) is 6.02. The summed E-state index contributed by atoms with van der Waals surface area (Å²) in [7, 11) is 1.66. The molecule has 0 saturated heterocycles. The Morgan fingerprint density at radius 3 is 2.53 bits per heavy atom. The lowest BCUT2D eigenvalue weighted by Crippen LogP contribution is -2.23. The standard InChI is InChI=1S/C10H17N5O2/c1-6(2)7(3)13-9-8(15(16)17)5-12-10(11-4)14-9/h5-7H,1-4H3,(H2,11,12,13,14). The molecule has 7 heteroatoms. The maximum Gasteiger partial charge on any atom is 0.329 e. The van der Waals surface area contributed by atoms with Gasteiger partial charge in [0.1, 0.15) is 6.20 Å². The summed E-state index contributed by atoms with van der Waals surface area (Å²) in [5.74, 6) is 0.951. The first kappa shape index (κ1) is 13.1. The Morgan fingerprint density at radius 2 is 2.06 bits per heavy atom. The van der Waals surface area contributed by atoms with Gasteiger partial charge in [-0.15, -0.1) is 0 Å². The molecule has 0 aliphatic heterocycles. The van der Waals surface area contributed by atoms with Crippen LogP contribution in [0.5, 0.6) is 0 Å². The lowest BCUT2D eigenvalue weighted by molar-refractivity contribution is -0.384. The zero-order valence-electron chi connectivity index (χ0n) is 10.4. The van der Waals surface area contributed by atoms with Crippen LogP contribution in [0.15, 0.2) is 6.20 Å². The summed E-state index contributed by atoms with van der Waals surface area (Å²) >= 11 is 0. The van der Waals surface area contributed by atoms with Gasteiger partial charge in [-0.25, -0.2) is 4.98 Å². The third-order valence-corrected chi connectivity index (χ3v) is 2.55. The van der Waals surface area contributed by atoms with Crippen molar-refractivity contribution < 1.29 is 4.92 Å². The lowest BCUT2D eigenvalue weighted by Gasteiger charge is -2.17. The molecule has 0 aliphatic carbocycles. The number of nitrogens with one attached hydrogen (secondary N) is 2. The molecule has 0 bridgehead atoms. The number of anilines is 2. The predicted octanol–water partition coefficient (Wildman–Crippen LogP) is 1.88. The average Bonchev–Trinajstić information content (AvgIpc) is 2.28. The van der Waals surface area contributed by atoms with Crippen molar-refractivity contribution in [3.05, 3.63) is 16.3 Å². The van der Waals surface area contributed by atoms with Crippen LogP contribution in [0.2, 0.25) is 0 Å². The highest BCUT2D eigenvalue weighted by Crippen LogP contribution is 2.23. The van der Waals surface area contributed by atoms with E-state index >= 15 is 0 Å². The van der Waals surface area contributed by atoms with Gasteiger partial charge in [0.25, 0.3) is 0 Å². The number of aromatic nitrogens is 2. The summed E-state index contributed by atoms with van der Waals surface area (Å²) in [4.78, 5) is 18.2. The first-order chi connectivity index (χ1) is 7.95. The molecule has 17 heavy (non-hydrogen) atoms. The fourth-order valence-corrected chi connectivity index (χ4v) is 1.12. The van der Waals surface area contributed by atoms with Crippen molar-refractivity contribution in [3.63, 3.8) is 0 Å². The minimum atomic E-state index is -0.491. The van der Waals surface area contributed by atoms with E-state index in [4.69, 9.17) is 0 Å². The maximum atomic E-state index is 10.8. The molecule has 1 atom stereocenters. The topological polar surface area (TPSA) is 93.0 Å². The van der Waals surface area contributed by atoms with Gasteiger partial charge in [-0.2, -0.15) is 4.98 Å². The number of nitrogens with zero attached hydrogens (tertiary/aromatic N) is 3. The lowest BCUT2D eigenvalue weighted by atomic mass is 10.1. The van der Waals surface area contributed by atoms with Crippen LogP contribution in [0.3, 0.4) is 0 Å². The molecule has 1 aromatic heterocycles. The van der Waals surface area contributed by atoms with Crippen LogP contribution < -0.4 is 10.6 Å². The largest absolute Gasteiger partial charge is 0.361 e. The van der Waals surface area contributed by atoms with Crippen LogP contribution in [0, 0.1) is 16.0 Å². The van der Waals surface area contributed by atoms with Crippen LogP contribution >= 0.6 is 0 Å². The van der Waals surface area contributed by atoms with Crippen LogP contribution in [0.4, 0.5) is 17.5 Å². The molecule has 7 nitrogen and oxygen atoms in total. The molecule has 1 unspecified atom stereocenters. The van der Waals surface area contributed by atoms with Crippen molar-refractivity contribution in [3.8, 4) is 0 Å². The van der Waals surface area contributed by atoms with Gasteiger partial charge >= 0.3 is 5.69 Å². The second-order valence-corrected chi connectivity index (χ2v) is 4.11. The van der Waals surface area contributed by atoms with Crippen molar-refractivity contribution in [2.24, 2.45) is 5.92 Å². The van der Waals surface area contributed by atoms with E-state index in [1.54, 1.807) is 7.05 Å². The molecular formula is C10H17N5O2. The van der Waals surface area contributed by atoms with Crippen LogP contribution in [0.1, 0.15) is 20.8 Å². The Balaban J connectivity index is 3.05. The van der Waals surface area contributed by atoms with Crippen molar-refractivity contribution in [1.82, 2.24) is 9.97 Å². The monoisotopic (exact) mass is 239 g/mol. The smallest absolute Gasteiger partial charge is 0.329 e. The van der Waals surface area contributed by atoms with Gasteiger partial charge in [-0.3, -0.25) is 10.1 Å². The molecule has 94 valence electrons. The molecule has 2 N–H and O–H groups in total. The van der Waals surface area contributed by atoms with Crippen LogP contribution in [0.25, 0.3) is 0 Å². The summed E-state index contributed by atoms with van der Waals surface area (Å²) in [6, 6.07) is 0.0910. The van der Waals surface area contributed by atoms with Gasteiger partial charge in [0.15, 0.2) is 0 Å². The molecule has 0 aromatic carbocycles. The Hall–Kier alpha value is -1.92. The molecule has 0 amide bonds. The number of rotatable bonds is 5. The van der Waals surface area contributed by atoms with Crippen molar-refractivity contribution in [2.45, 2.75) is 26.8 Å².